The second-order valence-electron chi connectivity index (χ2n) is 4.63. The van der Waals surface area contributed by atoms with Crippen LogP contribution in [0, 0.1) is 5.82 Å². The van der Waals surface area contributed by atoms with Crippen LogP contribution in [-0.4, -0.2) is 17.9 Å². The van der Waals surface area contributed by atoms with E-state index in [0.29, 0.717) is 5.56 Å². The molecule has 2 aromatic rings. The third-order valence-corrected chi connectivity index (χ3v) is 3.44. The van der Waals surface area contributed by atoms with E-state index < -0.39 is 23.7 Å². The molecule has 0 aliphatic carbocycles. The lowest BCUT2D eigenvalue weighted by atomic mass is 10.1. The van der Waals surface area contributed by atoms with Crippen LogP contribution in [0.2, 0.25) is 5.02 Å². The van der Waals surface area contributed by atoms with Crippen LogP contribution in [0.4, 0.5) is 10.1 Å². The minimum Gasteiger partial charge on any atom is -0.548 e. The highest BCUT2D eigenvalue weighted by molar-refractivity contribution is 6.31. The number of benzene rings is 2. The van der Waals surface area contributed by atoms with E-state index in [0.717, 1.165) is 11.0 Å². The van der Waals surface area contributed by atoms with Crippen molar-refractivity contribution in [1.82, 2.24) is 0 Å². The van der Waals surface area contributed by atoms with E-state index in [1.54, 1.807) is 30.3 Å². The number of carboxylic acids is 1. The topological polar surface area (TPSA) is 60.4 Å². The second-order valence-corrected chi connectivity index (χ2v) is 5.04. The first kappa shape index (κ1) is 16.0. The van der Waals surface area contributed by atoms with Gasteiger partial charge in [0.15, 0.2) is 0 Å². The van der Waals surface area contributed by atoms with Gasteiger partial charge >= 0.3 is 0 Å². The van der Waals surface area contributed by atoms with Gasteiger partial charge < -0.3 is 9.90 Å². The molecule has 0 aromatic heterocycles. The van der Waals surface area contributed by atoms with Crippen molar-refractivity contribution in [3.8, 4) is 0 Å². The van der Waals surface area contributed by atoms with Gasteiger partial charge in [0, 0.05) is 11.3 Å². The highest BCUT2D eigenvalue weighted by Crippen LogP contribution is 2.25. The lowest BCUT2D eigenvalue weighted by Gasteiger charge is -2.30. The number of amides is 1. The van der Waals surface area contributed by atoms with Crippen LogP contribution in [0.25, 0.3) is 0 Å². The molecule has 0 radical (unpaired) electrons. The van der Waals surface area contributed by atoms with Gasteiger partial charge in [-0.15, -0.1) is 0 Å². The number of aliphatic carboxylic acids is 1. The number of halogens is 2. The molecule has 0 N–H and O–H groups in total. The highest BCUT2D eigenvalue weighted by atomic mass is 35.5. The fraction of sp³-hybridized carbons (Fsp3) is 0.125. The van der Waals surface area contributed by atoms with Gasteiger partial charge in [-0.2, -0.15) is 0 Å². The normalized spacial score (nSPS) is 11.8. The standard InChI is InChI=1S/C16H13ClFNO3/c1-10(16(21)22)19(12-7-8-14(18)13(17)9-12)15(20)11-5-3-2-4-6-11/h2-10H,1H3,(H,21,22)/p-1/t10-/m1/s1. The SMILES string of the molecule is C[C@H](C(=O)[O-])N(C(=O)c1ccccc1)c1ccc(F)c(Cl)c1. The first-order chi connectivity index (χ1) is 10.4. The largest absolute Gasteiger partial charge is 0.548 e. The van der Waals surface area contributed by atoms with Crippen LogP contribution in [-0.2, 0) is 4.79 Å². The summed E-state index contributed by atoms with van der Waals surface area (Å²) in [5.41, 5.74) is 0.480. The number of hydrogen-bond acceptors (Lipinski definition) is 3. The van der Waals surface area contributed by atoms with Crippen molar-refractivity contribution in [1.29, 1.82) is 0 Å². The average Bonchev–Trinajstić information content (AvgIpc) is 2.51. The minimum absolute atomic E-state index is 0.178. The first-order valence-electron chi connectivity index (χ1n) is 6.46. The van der Waals surface area contributed by atoms with Gasteiger partial charge in [-0.3, -0.25) is 9.69 Å². The van der Waals surface area contributed by atoms with Crippen molar-refractivity contribution in [2.75, 3.05) is 4.90 Å². The third kappa shape index (κ3) is 3.26. The predicted molar refractivity (Wildman–Crippen MR) is 79.1 cm³/mol. The Morgan fingerprint density at radius 1 is 1.18 bits per heavy atom. The molecule has 1 atom stereocenters. The van der Waals surface area contributed by atoms with E-state index in [2.05, 4.69) is 0 Å². The van der Waals surface area contributed by atoms with Crippen molar-refractivity contribution >= 4 is 29.2 Å². The number of rotatable bonds is 4. The van der Waals surface area contributed by atoms with Gasteiger partial charge in [-0.25, -0.2) is 4.39 Å². The molecule has 0 aliphatic heterocycles. The molecule has 0 saturated heterocycles. The van der Waals surface area contributed by atoms with Crippen LogP contribution in [0.5, 0.6) is 0 Å². The molecule has 0 bridgehead atoms. The molecule has 0 saturated carbocycles. The average molecular weight is 321 g/mol. The van der Waals surface area contributed by atoms with Crippen LogP contribution < -0.4 is 10.0 Å². The third-order valence-electron chi connectivity index (χ3n) is 3.15. The summed E-state index contributed by atoms with van der Waals surface area (Å²) < 4.78 is 13.3. The molecule has 114 valence electrons. The number of carboxylic acid groups (broad SMARTS) is 1. The zero-order chi connectivity index (χ0) is 16.3. The van der Waals surface area contributed by atoms with Gasteiger partial charge in [-0.1, -0.05) is 29.8 Å². The Labute approximate surface area is 131 Å². The Kier molecular flexibility index (Phi) is 4.78. The number of anilines is 1. The van der Waals surface area contributed by atoms with Gasteiger partial charge in [0.25, 0.3) is 5.91 Å². The molecular weight excluding hydrogens is 309 g/mol. The number of carbonyl (C=O) groups is 2. The summed E-state index contributed by atoms with van der Waals surface area (Å²) >= 11 is 5.72. The Balaban J connectivity index is 2.49. The molecule has 0 spiro atoms. The molecular formula is C16H12ClFNO3-. The summed E-state index contributed by atoms with van der Waals surface area (Å²) in [6.45, 7) is 1.31. The summed E-state index contributed by atoms with van der Waals surface area (Å²) in [6, 6.07) is 10.5. The van der Waals surface area contributed by atoms with Crippen molar-refractivity contribution < 1.29 is 19.1 Å². The minimum atomic E-state index is -1.43. The summed E-state index contributed by atoms with van der Waals surface area (Å²) in [7, 11) is 0. The maximum Gasteiger partial charge on any atom is 0.258 e. The number of carbonyl (C=O) groups excluding carboxylic acids is 2. The van der Waals surface area contributed by atoms with Gasteiger partial charge in [0.2, 0.25) is 0 Å². The van der Waals surface area contributed by atoms with Gasteiger partial charge in [-0.05, 0) is 37.3 Å². The first-order valence-corrected chi connectivity index (χ1v) is 6.84. The lowest BCUT2D eigenvalue weighted by Crippen LogP contribution is -2.49. The molecule has 2 rings (SSSR count). The predicted octanol–water partition coefficient (Wildman–Crippen LogP) is 2.26. The second kappa shape index (κ2) is 6.58. The monoisotopic (exact) mass is 320 g/mol. The fourth-order valence-electron chi connectivity index (χ4n) is 1.98. The summed E-state index contributed by atoms with van der Waals surface area (Å²) in [4.78, 5) is 24.8. The van der Waals surface area contributed by atoms with E-state index in [1.165, 1.54) is 19.1 Å². The van der Waals surface area contributed by atoms with Crippen molar-refractivity contribution in [3.05, 3.63) is 64.9 Å². The highest BCUT2D eigenvalue weighted by Gasteiger charge is 2.24. The van der Waals surface area contributed by atoms with Crippen LogP contribution >= 0.6 is 11.6 Å². The smallest absolute Gasteiger partial charge is 0.258 e. The molecule has 1 amide bonds. The molecule has 0 aliphatic rings. The summed E-state index contributed by atoms with van der Waals surface area (Å²) in [5, 5.41) is 11.0. The molecule has 22 heavy (non-hydrogen) atoms. The summed E-state index contributed by atoms with van der Waals surface area (Å²) in [6.07, 6.45) is 0. The van der Waals surface area contributed by atoms with Crippen LogP contribution in [0.3, 0.4) is 0 Å². The van der Waals surface area contributed by atoms with Crippen molar-refractivity contribution in [2.45, 2.75) is 13.0 Å². The van der Waals surface area contributed by atoms with E-state index in [-0.39, 0.29) is 10.7 Å². The fourth-order valence-corrected chi connectivity index (χ4v) is 2.15. The molecule has 6 heteroatoms. The summed E-state index contributed by atoms with van der Waals surface area (Å²) in [5.74, 6) is -2.62. The maximum absolute atomic E-state index is 13.3. The zero-order valence-electron chi connectivity index (χ0n) is 11.6. The zero-order valence-corrected chi connectivity index (χ0v) is 12.4. The molecule has 2 aromatic carbocycles. The molecule has 0 unspecified atom stereocenters. The number of hydrogen-bond donors (Lipinski definition) is 0. The lowest BCUT2D eigenvalue weighted by molar-refractivity contribution is -0.306. The Morgan fingerprint density at radius 3 is 2.36 bits per heavy atom. The quantitative estimate of drug-likeness (QED) is 0.868. The Morgan fingerprint density at radius 2 is 1.82 bits per heavy atom. The molecule has 0 heterocycles. The van der Waals surface area contributed by atoms with E-state index in [4.69, 9.17) is 11.6 Å². The van der Waals surface area contributed by atoms with E-state index in [9.17, 15) is 19.1 Å². The number of nitrogens with zero attached hydrogens (tertiary/aromatic N) is 1. The van der Waals surface area contributed by atoms with Crippen molar-refractivity contribution in [2.24, 2.45) is 0 Å². The van der Waals surface area contributed by atoms with Gasteiger partial charge in [0.05, 0.1) is 17.0 Å². The van der Waals surface area contributed by atoms with Crippen LogP contribution in [0.1, 0.15) is 17.3 Å². The van der Waals surface area contributed by atoms with E-state index in [1.807, 2.05) is 0 Å². The maximum atomic E-state index is 13.3. The molecule has 4 nitrogen and oxygen atoms in total. The van der Waals surface area contributed by atoms with E-state index >= 15 is 0 Å². The van der Waals surface area contributed by atoms with Crippen molar-refractivity contribution in [3.63, 3.8) is 0 Å². The molecule has 0 fully saturated rings. The Hall–Kier alpha value is -2.40. The van der Waals surface area contributed by atoms with Crippen LogP contribution in [0.15, 0.2) is 48.5 Å². The Bertz CT molecular complexity index is 706. The van der Waals surface area contributed by atoms with Gasteiger partial charge in [0.1, 0.15) is 5.82 Å².